The van der Waals surface area contributed by atoms with Crippen molar-refractivity contribution in [1.82, 2.24) is 0 Å². The third kappa shape index (κ3) is 4.11. The van der Waals surface area contributed by atoms with Crippen molar-refractivity contribution >= 4 is 17.3 Å². The molecule has 0 saturated carbocycles. The van der Waals surface area contributed by atoms with E-state index in [2.05, 4.69) is 41.4 Å². The number of amides is 1. The number of hydrogen-bond donors (Lipinski definition) is 2. The van der Waals surface area contributed by atoms with Crippen LogP contribution in [0, 0.1) is 12.7 Å². The average Bonchev–Trinajstić information content (AvgIpc) is 2.56. The molecular weight excluding hydrogens is 305 g/mol. The summed E-state index contributed by atoms with van der Waals surface area (Å²) in [5.74, 6) is -0.410. The molecule has 2 aromatic rings. The Bertz CT molecular complexity index is 711. The van der Waals surface area contributed by atoms with Crippen LogP contribution in [0.1, 0.15) is 5.56 Å². The third-order valence-electron chi connectivity index (χ3n) is 4.45. The largest absolute Gasteiger partial charge is 0.360 e. The van der Waals surface area contributed by atoms with Gasteiger partial charge in [0.2, 0.25) is 0 Å². The molecule has 1 fully saturated rings. The zero-order valence-corrected chi connectivity index (χ0v) is 13.9. The number of piperazine rings is 1. The number of para-hydroxylation sites is 1. The van der Waals surface area contributed by atoms with E-state index in [1.54, 1.807) is 12.1 Å². The van der Waals surface area contributed by atoms with Gasteiger partial charge in [-0.1, -0.05) is 24.3 Å². The monoisotopic (exact) mass is 328 g/mol. The van der Waals surface area contributed by atoms with Crippen LogP contribution < -0.4 is 15.1 Å². The summed E-state index contributed by atoms with van der Waals surface area (Å²) in [6, 6.07) is 14.4. The first-order valence-corrected chi connectivity index (χ1v) is 8.31. The molecule has 4 nitrogen and oxygen atoms in total. The van der Waals surface area contributed by atoms with Crippen LogP contribution in [-0.2, 0) is 4.79 Å². The van der Waals surface area contributed by atoms with E-state index >= 15 is 0 Å². The Morgan fingerprint density at radius 1 is 1.17 bits per heavy atom. The number of halogens is 1. The number of nitrogens with one attached hydrogen (secondary N) is 2. The maximum Gasteiger partial charge on any atom is 0.279 e. The van der Waals surface area contributed by atoms with Crippen LogP contribution in [0.2, 0.25) is 0 Å². The molecule has 0 atom stereocenters. The Morgan fingerprint density at radius 3 is 2.62 bits per heavy atom. The maximum absolute atomic E-state index is 13.2. The van der Waals surface area contributed by atoms with E-state index in [0.29, 0.717) is 12.2 Å². The lowest BCUT2D eigenvalue weighted by Gasteiger charge is -2.34. The molecule has 2 aromatic carbocycles. The molecule has 0 bridgehead atoms. The summed E-state index contributed by atoms with van der Waals surface area (Å²) in [6.07, 6.45) is 0. The zero-order chi connectivity index (χ0) is 16.9. The van der Waals surface area contributed by atoms with Gasteiger partial charge in [0.25, 0.3) is 5.91 Å². The highest BCUT2D eigenvalue weighted by atomic mass is 19.1. The van der Waals surface area contributed by atoms with Crippen molar-refractivity contribution in [2.45, 2.75) is 6.92 Å². The first kappa shape index (κ1) is 16.5. The van der Waals surface area contributed by atoms with Crippen molar-refractivity contribution in [2.75, 3.05) is 42.9 Å². The summed E-state index contributed by atoms with van der Waals surface area (Å²) < 4.78 is 13.2. The standard InChI is InChI=1S/C19H22FN3O/c1-15-5-2-3-8-18(15)23-11-9-22(10-12-23)14-19(24)21-17-7-4-6-16(20)13-17/h2-8,13H,9-12,14H2,1H3,(H,21,24)/p+1. The number of carbonyl (C=O) groups excluding carboxylic acids is 1. The predicted molar refractivity (Wildman–Crippen MR) is 94.0 cm³/mol. The van der Waals surface area contributed by atoms with Crippen LogP contribution in [0.4, 0.5) is 15.8 Å². The van der Waals surface area contributed by atoms with Crippen LogP contribution in [0.5, 0.6) is 0 Å². The number of nitrogens with zero attached hydrogens (tertiary/aromatic N) is 1. The van der Waals surface area contributed by atoms with Crippen LogP contribution in [0.15, 0.2) is 48.5 Å². The Balaban J connectivity index is 1.50. The van der Waals surface area contributed by atoms with E-state index in [1.165, 1.54) is 28.3 Å². The van der Waals surface area contributed by atoms with Crippen LogP contribution in [0.25, 0.3) is 0 Å². The van der Waals surface area contributed by atoms with Crippen molar-refractivity contribution in [1.29, 1.82) is 0 Å². The van der Waals surface area contributed by atoms with E-state index < -0.39 is 0 Å². The molecule has 0 radical (unpaired) electrons. The smallest absolute Gasteiger partial charge is 0.279 e. The lowest BCUT2D eigenvalue weighted by molar-refractivity contribution is -0.892. The predicted octanol–water partition coefficient (Wildman–Crippen LogP) is 1.48. The number of quaternary nitrogens is 1. The molecule has 0 spiro atoms. The Kier molecular flexibility index (Phi) is 5.11. The van der Waals surface area contributed by atoms with Crippen molar-refractivity contribution in [3.8, 4) is 0 Å². The van der Waals surface area contributed by atoms with Gasteiger partial charge in [-0.15, -0.1) is 0 Å². The Hall–Kier alpha value is -2.40. The van der Waals surface area contributed by atoms with Gasteiger partial charge in [-0.3, -0.25) is 4.79 Å². The molecule has 5 heteroatoms. The molecule has 3 rings (SSSR count). The maximum atomic E-state index is 13.2. The average molecular weight is 328 g/mol. The number of carbonyl (C=O) groups is 1. The normalized spacial score (nSPS) is 15.3. The van der Waals surface area contributed by atoms with Gasteiger partial charge in [-0.05, 0) is 36.8 Å². The van der Waals surface area contributed by atoms with Crippen molar-refractivity contribution in [2.24, 2.45) is 0 Å². The lowest BCUT2D eigenvalue weighted by atomic mass is 10.1. The SMILES string of the molecule is Cc1ccccc1N1CC[NH+](CC(=O)Nc2cccc(F)c2)CC1. The summed E-state index contributed by atoms with van der Waals surface area (Å²) in [4.78, 5) is 15.8. The van der Waals surface area contributed by atoms with Crippen LogP contribution in [0.3, 0.4) is 0 Å². The van der Waals surface area contributed by atoms with E-state index in [0.717, 1.165) is 26.2 Å². The molecule has 126 valence electrons. The number of anilines is 2. The fourth-order valence-corrected chi connectivity index (χ4v) is 3.16. The second kappa shape index (κ2) is 7.45. The number of hydrogen-bond acceptors (Lipinski definition) is 2. The topological polar surface area (TPSA) is 36.8 Å². The Morgan fingerprint density at radius 2 is 1.92 bits per heavy atom. The molecule has 0 aromatic heterocycles. The summed E-state index contributed by atoms with van der Waals surface area (Å²) >= 11 is 0. The van der Waals surface area contributed by atoms with Gasteiger partial charge in [-0.2, -0.15) is 0 Å². The van der Waals surface area contributed by atoms with E-state index in [-0.39, 0.29) is 11.7 Å². The highest BCUT2D eigenvalue weighted by molar-refractivity contribution is 5.91. The van der Waals surface area contributed by atoms with E-state index in [9.17, 15) is 9.18 Å². The van der Waals surface area contributed by atoms with E-state index in [4.69, 9.17) is 0 Å². The quantitative estimate of drug-likeness (QED) is 0.892. The number of aryl methyl sites for hydroxylation is 1. The molecule has 1 aliphatic rings. The van der Waals surface area contributed by atoms with Gasteiger partial charge in [0.05, 0.1) is 26.2 Å². The lowest BCUT2D eigenvalue weighted by Crippen LogP contribution is -3.15. The Labute approximate surface area is 141 Å². The second-order valence-corrected chi connectivity index (χ2v) is 6.26. The molecular formula is C19H23FN3O+. The van der Waals surface area contributed by atoms with Gasteiger partial charge >= 0.3 is 0 Å². The van der Waals surface area contributed by atoms with E-state index in [1.807, 2.05) is 0 Å². The molecule has 1 saturated heterocycles. The number of benzene rings is 2. The summed E-state index contributed by atoms with van der Waals surface area (Å²) in [5.41, 5.74) is 3.07. The van der Waals surface area contributed by atoms with Crippen molar-refractivity contribution in [3.63, 3.8) is 0 Å². The van der Waals surface area contributed by atoms with Crippen molar-refractivity contribution in [3.05, 3.63) is 59.9 Å². The fraction of sp³-hybridized carbons (Fsp3) is 0.316. The molecule has 1 amide bonds. The summed E-state index contributed by atoms with van der Waals surface area (Å²) in [7, 11) is 0. The molecule has 1 aliphatic heterocycles. The summed E-state index contributed by atoms with van der Waals surface area (Å²) in [6.45, 7) is 6.26. The van der Waals surface area contributed by atoms with Crippen LogP contribution >= 0.6 is 0 Å². The number of rotatable bonds is 4. The van der Waals surface area contributed by atoms with Gasteiger partial charge in [0.15, 0.2) is 6.54 Å². The molecule has 0 aliphatic carbocycles. The van der Waals surface area contributed by atoms with Crippen molar-refractivity contribution < 1.29 is 14.1 Å². The molecule has 1 heterocycles. The van der Waals surface area contributed by atoms with Gasteiger partial charge in [-0.25, -0.2) is 4.39 Å². The highest BCUT2D eigenvalue weighted by Gasteiger charge is 2.23. The molecule has 2 N–H and O–H groups in total. The highest BCUT2D eigenvalue weighted by Crippen LogP contribution is 2.18. The first-order valence-electron chi connectivity index (χ1n) is 8.31. The minimum Gasteiger partial charge on any atom is -0.360 e. The van der Waals surface area contributed by atoms with Gasteiger partial charge in [0.1, 0.15) is 5.82 Å². The van der Waals surface area contributed by atoms with Crippen LogP contribution in [-0.4, -0.2) is 38.6 Å². The minimum atomic E-state index is -0.341. The first-order chi connectivity index (χ1) is 11.6. The zero-order valence-electron chi connectivity index (χ0n) is 13.9. The van der Waals surface area contributed by atoms with Gasteiger partial charge < -0.3 is 15.1 Å². The second-order valence-electron chi connectivity index (χ2n) is 6.26. The van der Waals surface area contributed by atoms with Gasteiger partial charge in [0, 0.05) is 11.4 Å². The fourth-order valence-electron chi connectivity index (χ4n) is 3.16. The molecule has 0 unspecified atom stereocenters. The third-order valence-corrected chi connectivity index (χ3v) is 4.45. The minimum absolute atomic E-state index is 0.0695. The molecule has 24 heavy (non-hydrogen) atoms. The summed E-state index contributed by atoms with van der Waals surface area (Å²) in [5, 5.41) is 2.77.